The number of carbonyl (C=O) groups excluding carboxylic acids is 1. The molecule has 2 heterocycles. The molecule has 2 N–H and O–H groups in total. The summed E-state index contributed by atoms with van der Waals surface area (Å²) in [5, 5.41) is 10.5. The van der Waals surface area contributed by atoms with E-state index in [2.05, 4.69) is 29.6 Å². The Morgan fingerprint density at radius 1 is 1.45 bits per heavy atom. The lowest BCUT2D eigenvalue weighted by molar-refractivity contribution is -0.122. The first-order valence-electron chi connectivity index (χ1n) is 8.59. The number of hydrogen-bond acceptors (Lipinski definition) is 4. The predicted molar refractivity (Wildman–Crippen MR) is 86.5 cm³/mol. The number of aryl methyl sites for hydroxylation is 2. The standard InChI is InChI=1S/C17H29N3O2/c1-4-15-14(16(5-2)22-20-15)11-19-17(21)9-12(3)13-7-6-8-18-10-13/h12-13,18H,4-11H2,1-3H3,(H,19,21). The van der Waals surface area contributed by atoms with E-state index >= 15 is 0 Å². The van der Waals surface area contributed by atoms with E-state index in [1.165, 1.54) is 12.8 Å². The Kier molecular flexibility index (Phi) is 6.43. The second-order valence-corrected chi connectivity index (χ2v) is 6.30. The molecule has 0 aromatic carbocycles. The molecule has 22 heavy (non-hydrogen) atoms. The van der Waals surface area contributed by atoms with E-state index < -0.39 is 0 Å². The molecule has 1 aromatic rings. The van der Waals surface area contributed by atoms with E-state index in [9.17, 15) is 4.79 Å². The lowest BCUT2D eigenvalue weighted by Crippen LogP contribution is -2.35. The van der Waals surface area contributed by atoms with Gasteiger partial charge in [-0.25, -0.2) is 0 Å². The average molecular weight is 307 g/mol. The van der Waals surface area contributed by atoms with E-state index in [0.29, 0.717) is 24.8 Å². The second-order valence-electron chi connectivity index (χ2n) is 6.30. The summed E-state index contributed by atoms with van der Waals surface area (Å²) in [6.07, 6.45) is 4.69. The Labute approximate surface area is 133 Å². The highest BCUT2D eigenvalue weighted by molar-refractivity contribution is 5.76. The third-order valence-electron chi connectivity index (χ3n) is 4.72. The van der Waals surface area contributed by atoms with Gasteiger partial charge in [0.15, 0.2) is 0 Å². The molecular formula is C17H29N3O2. The maximum absolute atomic E-state index is 12.2. The second kappa shape index (κ2) is 8.32. The van der Waals surface area contributed by atoms with Gasteiger partial charge in [-0.05, 0) is 44.2 Å². The summed E-state index contributed by atoms with van der Waals surface area (Å²) in [6, 6.07) is 0. The molecule has 5 nitrogen and oxygen atoms in total. The zero-order chi connectivity index (χ0) is 15.9. The van der Waals surface area contributed by atoms with Crippen molar-refractivity contribution < 1.29 is 9.32 Å². The van der Waals surface area contributed by atoms with Crippen LogP contribution in [-0.4, -0.2) is 24.2 Å². The highest BCUT2D eigenvalue weighted by Gasteiger charge is 2.22. The van der Waals surface area contributed by atoms with Crippen LogP contribution in [0.1, 0.15) is 57.1 Å². The van der Waals surface area contributed by atoms with E-state index in [4.69, 9.17) is 4.52 Å². The van der Waals surface area contributed by atoms with Crippen molar-refractivity contribution in [2.45, 2.75) is 59.4 Å². The van der Waals surface area contributed by atoms with Crippen molar-refractivity contribution in [3.63, 3.8) is 0 Å². The first-order valence-corrected chi connectivity index (χ1v) is 8.59. The van der Waals surface area contributed by atoms with Gasteiger partial charge < -0.3 is 15.2 Å². The van der Waals surface area contributed by atoms with Gasteiger partial charge in [-0.3, -0.25) is 4.79 Å². The number of nitrogens with zero attached hydrogens (tertiary/aromatic N) is 1. The van der Waals surface area contributed by atoms with Crippen molar-refractivity contribution in [3.8, 4) is 0 Å². The highest BCUT2D eigenvalue weighted by Crippen LogP contribution is 2.22. The maximum Gasteiger partial charge on any atom is 0.220 e. The Morgan fingerprint density at radius 3 is 2.91 bits per heavy atom. The number of hydrogen-bond donors (Lipinski definition) is 2. The van der Waals surface area contributed by atoms with E-state index in [-0.39, 0.29) is 5.91 Å². The zero-order valence-electron chi connectivity index (χ0n) is 14.1. The molecule has 124 valence electrons. The van der Waals surface area contributed by atoms with Crippen molar-refractivity contribution in [3.05, 3.63) is 17.0 Å². The van der Waals surface area contributed by atoms with Crippen LogP contribution in [0.4, 0.5) is 0 Å². The van der Waals surface area contributed by atoms with Gasteiger partial charge >= 0.3 is 0 Å². The van der Waals surface area contributed by atoms with Crippen molar-refractivity contribution in [1.29, 1.82) is 0 Å². The first-order chi connectivity index (χ1) is 10.7. The Morgan fingerprint density at radius 2 is 2.27 bits per heavy atom. The fourth-order valence-corrected chi connectivity index (χ4v) is 3.22. The molecule has 5 heteroatoms. The van der Waals surface area contributed by atoms with E-state index in [1.807, 2.05) is 6.92 Å². The number of carbonyl (C=O) groups is 1. The van der Waals surface area contributed by atoms with Gasteiger partial charge in [-0.2, -0.15) is 0 Å². The predicted octanol–water partition coefficient (Wildman–Crippen LogP) is 2.44. The van der Waals surface area contributed by atoms with Crippen LogP contribution in [0.15, 0.2) is 4.52 Å². The van der Waals surface area contributed by atoms with Crippen LogP contribution in [0.25, 0.3) is 0 Å². The molecule has 0 saturated carbocycles. The molecule has 0 aliphatic carbocycles. The smallest absolute Gasteiger partial charge is 0.220 e. The Bertz CT molecular complexity index is 457. The summed E-state index contributed by atoms with van der Waals surface area (Å²) in [4.78, 5) is 12.2. The van der Waals surface area contributed by atoms with Crippen LogP contribution >= 0.6 is 0 Å². The summed E-state index contributed by atoms with van der Waals surface area (Å²) in [5.41, 5.74) is 2.02. The van der Waals surface area contributed by atoms with Gasteiger partial charge in [0.25, 0.3) is 0 Å². The highest BCUT2D eigenvalue weighted by atomic mass is 16.5. The van der Waals surface area contributed by atoms with Crippen LogP contribution in [0, 0.1) is 11.8 Å². The Balaban J connectivity index is 1.83. The van der Waals surface area contributed by atoms with Gasteiger partial charge in [-0.15, -0.1) is 0 Å². The normalized spacial score (nSPS) is 19.9. The molecule has 2 rings (SSSR count). The van der Waals surface area contributed by atoms with Crippen molar-refractivity contribution in [2.75, 3.05) is 13.1 Å². The van der Waals surface area contributed by atoms with E-state index in [1.54, 1.807) is 0 Å². The van der Waals surface area contributed by atoms with Crippen LogP contribution in [0.3, 0.4) is 0 Å². The first kappa shape index (κ1) is 17.0. The summed E-state index contributed by atoms with van der Waals surface area (Å²) in [7, 11) is 0. The number of piperidine rings is 1. The van der Waals surface area contributed by atoms with Crippen molar-refractivity contribution in [1.82, 2.24) is 15.8 Å². The topological polar surface area (TPSA) is 67.2 Å². The monoisotopic (exact) mass is 307 g/mol. The molecule has 2 atom stereocenters. The van der Waals surface area contributed by atoms with Crippen LogP contribution < -0.4 is 10.6 Å². The van der Waals surface area contributed by atoms with E-state index in [0.717, 1.165) is 42.9 Å². The van der Waals surface area contributed by atoms with Crippen molar-refractivity contribution in [2.24, 2.45) is 11.8 Å². The quantitative estimate of drug-likeness (QED) is 0.812. The van der Waals surface area contributed by atoms with Gasteiger partial charge in [-0.1, -0.05) is 25.9 Å². The molecule has 0 bridgehead atoms. The van der Waals surface area contributed by atoms with Gasteiger partial charge in [0.05, 0.1) is 5.69 Å². The molecule has 1 aliphatic heterocycles. The number of amides is 1. The fourth-order valence-electron chi connectivity index (χ4n) is 3.22. The molecule has 2 unspecified atom stereocenters. The number of rotatable bonds is 7. The molecule has 1 saturated heterocycles. The average Bonchev–Trinajstić information content (AvgIpc) is 2.95. The minimum atomic E-state index is 0.128. The minimum Gasteiger partial charge on any atom is -0.361 e. The molecular weight excluding hydrogens is 278 g/mol. The van der Waals surface area contributed by atoms with Gasteiger partial charge in [0, 0.05) is 24.9 Å². The zero-order valence-corrected chi connectivity index (χ0v) is 14.1. The lowest BCUT2D eigenvalue weighted by Gasteiger charge is -2.28. The van der Waals surface area contributed by atoms with Crippen LogP contribution in [0.2, 0.25) is 0 Å². The fraction of sp³-hybridized carbons (Fsp3) is 0.765. The summed E-state index contributed by atoms with van der Waals surface area (Å²) >= 11 is 0. The lowest BCUT2D eigenvalue weighted by atomic mass is 9.85. The third-order valence-corrected chi connectivity index (χ3v) is 4.72. The summed E-state index contributed by atoms with van der Waals surface area (Å²) in [5.74, 6) is 2.06. The molecule has 1 aliphatic rings. The molecule has 0 radical (unpaired) electrons. The van der Waals surface area contributed by atoms with Crippen LogP contribution in [-0.2, 0) is 24.2 Å². The van der Waals surface area contributed by atoms with Crippen molar-refractivity contribution >= 4 is 5.91 Å². The summed E-state index contributed by atoms with van der Waals surface area (Å²) in [6.45, 7) is 8.97. The number of aromatic nitrogens is 1. The maximum atomic E-state index is 12.2. The third kappa shape index (κ3) is 4.32. The minimum absolute atomic E-state index is 0.128. The summed E-state index contributed by atoms with van der Waals surface area (Å²) < 4.78 is 5.33. The largest absolute Gasteiger partial charge is 0.361 e. The molecule has 1 aromatic heterocycles. The number of nitrogens with one attached hydrogen (secondary N) is 2. The SMILES string of the molecule is CCc1noc(CC)c1CNC(=O)CC(C)C1CCCNC1. The Hall–Kier alpha value is -1.36. The molecule has 1 amide bonds. The molecule has 0 spiro atoms. The van der Waals surface area contributed by atoms with Gasteiger partial charge in [0.1, 0.15) is 5.76 Å². The van der Waals surface area contributed by atoms with Crippen LogP contribution in [0.5, 0.6) is 0 Å². The van der Waals surface area contributed by atoms with Gasteiger partial charge in [0.2, 0.25) is 5.91 Å². The molecule has 1 fully saturated rings.